The van der Waals surface area contributed by atoms with Crippen molar-refractivity contribution in [3.8, 4) is 0 Å². The zero-order valence-corrected chi connectivity index (χ0v) is 10.3. The van der Waals surface area contributed by atoms with Gasteiger partial charge in [-0.25, -0.2) is 4.79 Å². The number of hydrogen-bond acceptors (Lipinski definition) is 4. The fourth-order valence-corrected chi connectivity index (χ4v) is 1.46. The molecule has 2 aromatic carbocycles. The Morgan fingerprint density at radius 2 is 1.32 bits per heavy atom. The van der Waals surface area contributed by atoms with Crippen LogP contribution in [0.2, 0.25) is 0 Å². The van der Waals surface area contributed by atoms with Gasteiger partial charge in [-0.2, -0.15) is 4.89 Å². The number of carbonyl (C=O) groups excluding carboxylic acids is 1. The first-order chi connectivity index (χ1) is 9.34. The Morgan fingerprint density at radius 1 is 0.789 bits per heavy atom. The number of hydrogen-bond donors (Lipinski definition) is 0. The van der Waals surface area contributed by atoms with Crippen LogP contribution in [-0.4, -0.2) is 6.16 Å². The molecule has 4 nitrogen and oxygen atoms in total. The van der Waals surface area contributed by atoms with E-state index >= 15 is 0 Å². The number of ether oxygens (including phenoxy) is 1. The van der Waals surface area contributed by atoms with Crippen LogP contribution in [0.4, 0.5) is 4.79 Å². The summed E-state index contributed by atoms with van der Waals surface area (Å²) >= 11 is 0. The second-order valence-corrected chi connectivity index (χ2v) is 3.86. The summed E-state index contributed by atoms with van der Waals surface area (Å²) in [4.78, 5) is 20.5. The third kappa shape index (κ3) is 4.81. The Bertz CT molecular complexity index is 496. The van der Waals surface area contributed by atoms with E-state index in [4.69, 9.17) is 9.62 Å². The molecule has 0 spiro atoms. The van der Waals surface area contributed by atoms with Crippen LogP contribution < -0.4 is 0 Å². The van der Waals surface area contributed by atoms with Crippen LogP contribution in [0.3, 0.4) is 0 Å². The first-order valence-electron chi connectivity index (χ1n) is 5.88. The molecule has 0 aliphatic carbocycles. The number of rotatable bonds is 5. The highest BCUT2D eigenvalue weighted by Crippen LogP contribution is 2.04. The quantitative estimate of drug-likeness (QED) is 0.468. The second-order valence-electron chi connectivity index (χ2n) is 3.86. The van der Waals surface area contributed by atoms with Gasteiger partial charge in [0.2, 0.25) is 0 Å². The van der Waals surface area contributed by atoms with Crippen molar-refractivity contribution >= 4 is 6.16 Å². The first-order valence-corrected chi connectivity index (χ1v) is 5.88. The van der Waals surface area contributed by atoms with Crippen LogP contribution in [0.1, 0.15) is 11.1 Å². The third-order valence-electron chi connectivity index (χ3n) is 2.39. The molecule has 0 saturated heterocycles. The molecule has 2 aromatic rings. The average Bonchev–Trinajstić information content (AvgIpc) is 2.47. The molecule has 19 heavy (non-hydrogen) atoms. The van der Waals surface area contributed by atoms with Gasteiger partial charge < -0.3 is 4.74 Å². The van der Waals surface area contributed by atoms with Crippen molar-refractivity contribution < 1.29 is 19.3 Å². The molecular weight excluding hydrogens is 244 g/mol. The van der Waals surface area contributed by atoms with Crippen molar-refractivity contribution in [2.75, 3.05) is 0 Å². The molecule has 0 amide bonds. The monoisotopic (exact) mass is 258 g/mol. The van der Waals surface area contributed by atoms with Crippen LogP contribution >= 0.6 is 0 Å². The fourth-order valence-electron chi connectivity index (χ4n) is 1.46. The highest BCUT2D eigenvalue weighted by atomic mass is 17.2. The van der Waals surface area contributed by atoms with E-state index in [2.05, 4.69) is 4.89 Å². The van der Waals surface area contributed by atoms with Gasteiger partial charge in [0.15, 0.2) is 0 Å². The topological polar surface area (TPSA) is 44.8 Å². The lowest BCUT2D eigenvalue weighted by atomic mass is 10.2. The molecule has 0 unspecified atom stereocenters. The van der Waals surface area contributed by atoms with Crippen LogP contribution in [-0.2, 0) is 27.7 Å². The van der Waals surface area contributed by atoms with Gasteiger partial charge in [0.1, 0.15) is 13.2 Å². The van der Waals surface area contributed by atoms with Crippen molar-refractivity contribution in [1.29, 1.82) is 0 Å². The molecule has 0 fully saturated rings. The highest BCUT2D eigenvalue weighted by molar-refractivity contribution is 5.59. The van der Waals surface area contributed by atoms with E-state index in [1.165, 1.54) is 0 Å². The largest absolute Gasteiger partial charge is 0.540 e. The smallest absolute Gasteiger partial charge is 0.427 e. The molecule has 0 aliphatic rings. The number of benzene rings is 2. The lowest BCUT2D eigenvalue weighted by Crippen LogP contribution is -2.08. The average molecular weight is 258 g/mol. The minimum absolute atomic E-state index is 0.161. The van der Waals surface area contributed by atoms with Crippen LogP contribution in [0.5, 0.6) is 0 Å². The predicted octanol–water partition coefficient (Wildman–Crippen LogP) is 3.47. The van der Waals surface area contributed by atoms with Crippen molar-refractivity contribution in [3.63, 3.8) is 0 Å². The summed E-state index contributed by atoms with van der Waals surface area (Å²) in [5.41, 5.74) is 1.81. The Balaban J connectivity index is 1.65. The summed E-state index contributed by atoms with van der Waals surface area (Å²) in [6.07, 6.45) is -0.847. The molecule has 2 rings (SSSR count). The molecule has 0 bridgehead atoms. The predicted molar refractivity (Wildman–Crippen MR) is 68.9 cm³/mol. The summed E-state index contributed by atoms with van der Waals surface area (Å²) in [6, 6.07) is 18.8. The van der Waals surface area contributed by atoms with E-state index in [0.717, 1.165) is 11.1 Å². The maximum absolute atomic E-state index is 11.2. The maximum atomic E-state index is 11.2. The van der Waals surface area contributed by atoms with Gasteiger partial charge in [0, 0.05) is 0 Å². The van der Waals surface area contributed by atoms with Gasteiger partial charge in [0.25, 0.3) is 0 Å². The SMILES string of the molecule is O=C(OCc1ccccc1)OOCc1ccccc1. The van der Waals surface area contributed by atoms with E-state index < -0.39 is 6.16 Å². The normalized spacial score (nSPS) is 9.89. The molecule has 4 heteroatoms. The maximum Gasteiger partial charge on any atom is 0.540 e. The molecule has 0 atom stereocenters. The zero-order chi connectivity index (χ0) is 13.3. The molecule has 0 N–H and O–H groups in total. The molecule has 0 aromatic heterocycles. The van der Waals surface area contributed by atoms with Gasteiger partial charge in [-0.1, -0.05) is 60.7 Å². The van der Waals surface area contributed by atoms with E-state index in [-0.39, 0.29) is 13.2 Å². The fraction of sp³-hybridized carbons (Fsp3) is 0.133. The van der Waals surface area contributed by atoms with Crippen molar-refractivity contribution in [2.24, 2.45) is 0 Å². The molecule has 98 valence electrons. The van der Waals surface area contributed by atoms with E-state index in [0.29, 0.717) is 0 Å². The van der Waals surface area contributed by atoms with Gasteiger partial charge in [-0.15, -0.1) is 0 Å². The summed E-state index contributed by atoms with van der Waals surface area (Å²) in [5, 5.41) is 0. The van der Waals surface area contributed by atoms with Crippen LogP contribution in [0.25, 0.3) is 0 Å². The Morgan fingerprint density at radius 3 is 1.89 bits per heavy atom. The van der Waals surface area contributed by atoms with Crippen molar-refractivity contribution in [2.45, 2.75) is 13.2 Å². The molecular formula is C15H14O4. The van der Waals surface area contributed by atoms with Gasteiger partial charge >= 0.3 is 6.16 Å². The Hall–Kier alpha value is -2.33. The van der Waals surface area contributed by atoms with Crippen LogP contribution in [0, 0.1) is 0 Å². The minimum Gasteiger partial charge on any atom is -0.427 e. The Labute approximate surface area is 111 Å². The number of carbonyl (C=O) groups is 1. The van der Waals surface area contributed by atoms with E-state index in [1.54, 1.807) is 0 Å². The minimum atomic E-state index is -0.847. The molecule has 0 aliphatic heterocycles. The summed E-state index contributed by atoms with van der Waals surface area (Å²) in [7, 11) is 0. The van der Waals surface area contributed by atoms with E-state index in [1.807, 2.05) is 60.7 Å². The standard InChI is InChI=1S/C15H14O4/c16-15(17-11-13-7-3-1-4-8-13)19-18-12-14-9-5-2-6-10-14/h1-10H,11-12H2. The summed E-state index contributed by atoms with van der Waals surface area (Å²) in [5.74, 6) is 0. The highest BCUT2D eigenvalue weighted by Gasteiger charge is 2.05. The third-order valence-corrected chi connectivity index (χ3v) is 2.39. The molecule has 0 heterocycles. The summed E-state index contributed by atoms with van der Waals surface area (Å²) < 4.78 is 4.88. The van der Waals surface area contributed by atoms with Crippen molar-refractivity contribution in [3.05, 3.63) is 71.8 Å². The summed E-state index contributed by atoms with van der Waals surface area (Å²) in [6.45, 7) is 0.357. The van der Waals surface area contributed by atoms with Crippen LogP contribution in [0.15, 0.2) is 60.7 Å². The first kappa shape index (κ1) is 13.1. The lowest BCUT2D eigenvalue weighted by Gasteiger charge is -2.05. The van der Waals surface area contributed by atoms with Gasteiger partial charge in [0.05, 0.1) is 0 Å². The van der Waals surface area contributed by atoms with Gasteiger partial charge in [-0.05, 0) is 11.1 Å². The molecule has 0 radical (unpaired) electrons. The lowest BCUT2D eigenvalue weighted by molar-refractivity contribution is -0.264. The second kappa shape index (κ2) is 7.18. The van der Waals surface area contributed by atoms with E-state index in [9.17, 15) is 4.79 Å². The van der Waals surface area contributed by atoms with Crippen molar-refractivity contribution in [1.82, 2.24) is 0 Å². The zero-order valence-electron chi connectivity index (χ0n) is 10.3. The van der Waals surface area contributed by atoms with Gasteiger partial charge in [-0.3, -0.25) is 4.89 Å². The molecule has 0 saturated carbocycles. The Kier molecular flexibility index (Phi) is 4.96.